The standard InChI is InChI=1S/C16H17FO/c1-11-4-9-15(12(2)10-11)16(3,18)13-5-7-14(17)8-6-13/h4-10,18H,1-3H3. The fraction of sp³-hybridized carbons (Fsp3) is 0.250. The lowest BCUT2D eigenvalue weighted by molar-refractivity contribution is 0.101. The summed E-state index contributed by atoms with van der Waals surface area (Å²) in [5, 5.41) is 10.7. The van der Waals surface area contributed by atoms with Gasteiger partial charge in [0.15, 0.2) is 0 Å². The van der Waals surface area contributed by atoms with Crippen LogP contribution < -0.4 is 0 Å². The van der Waals surface area contributed by atoms with E-state index in [1.807, 2.05) is 32.0 Å². The second-order valence-electron chi connectivity index (χ2n) is 4.90. The largest absolute Gasteiger partial charge is 0.381 e. The molecule has 2 aromatic rings. The summed E-state index contributed by atoms with van der Waals surface area (Å²) in [6, 6.07) is 11.9. The van der Waals surface area contributed by atoms with E-state index in [2.05, 4.69) is 0 Å². The van der Waals surface area contributed by atoms with Gasteiger partial charge in [0.05, 0.1) is 0 Å². The highest BCUT2D eigenvalue weighted by Gasteiger charge is 2.27. The smallest absolute Gasteiger partial charge is 0.123 e. The van der Waals surface area contributed by atoms with Crippen molar-refractivity contribution in [3.8, 4) is 0 Å². The van der Waals surface area contributed by atoms with E-state index in [9.17, 15) is 9.50 Å². The van der Waals surface area contributed by atoms with E-state index in [4.69, 9.17) is 0 Å². The van der Waals surface area contributed by atoms with Crippen LogP contribution in [0.15, 0.2) is 42.5 Å². The number of benzene rings is 2. The van der Waals surface area contributed by atoms with Crippen LogP contribution in [0.25, 0.3) is 0 Å². The van der Waals surface area contributed by atoms with Crippen molar-refractivity contribution >= 4 is 0 Å². The van der Waals surface area contributed by atoms with Crippen LogP contribution in [-0.2, 0) is 5.60 Å². The van der Waals surface area contributed by atoms with Gasteiger partial charge in [0.25, 0.3) is 0 Å². The van der Waals surface area contributed by atoms with Crippen molar-refractivity contribution in [2.75, 3.05) is 0 Å². The summed E-state index contributed by atoms with van der Waals surface area (Å²) >= 11 is 0. The van der Waals surface area contributed by atoms with Crippen molar-refractivity contribution in [1.82, 2.24) is 0 Å². The quantitative estimate of drug-likeness (QED) is 0.854. The number of aliphatic hydroxyl groups is 1. The number of hydrogen-bond acceptors (Lipinski definition) is 1. The Bertz CT molecular complexity index is 556. The molecule has 0 aliphatic rings. The van der Waals surface area contributed by atoms with Crippen molar-refractivity contribution in [3.05, 3.63) is 70.5 Å². The maximum atomic E-state index is 12.9. The molecule has 0 fully saturated rings. The van der Waals surface area contributed by atoms with Crippen LogP contribution in [0, 0.1) is 19.7 Å². The van der Waals surface area contributed by atoms with Gasteiger partial charge in [0.2, 0.25) is 0 Å². The van der Waals surface area contributed by atoms with Gasteiger partial charge in [-0.05, 0) is 49.6 Å². The molecule has 1 N–H and O–H groups in total. The Labute approximate surface area is 107 Å². The molecule has 0 radical (unpaired) electrons. The normalized spacial score (nSPS) is 14.3. The second kappa shape index (κ2) is 4.54. The van der Waals surface area contributed by atoms with Crippen LogP contribution >= 0.6 is 0 Å². The van der Waals surface area contributed by atoms with E-state index in [0.717, 1.165) is 16.7 Å². The highest BCUT2D eigenvalue weighted by molar-refractivity contribution is 5.41. The minimum atomic E-state index is -1.11. The zero-order chi connectivity index (χ0) is 13.3. The summed E-state index contributed by atoms with van der Waals surface area (Å²) in [6.45, 7) is 5.72. The van der Waals surface area contributed by atoms with Crippen LogP contribution in [0.2, 0.25) is 0 Å². The molecular weight excluding hydrogens is 227 g/mol. The number of aryl methyl sites for hydroxylation is 2. The second-order valence-corrected chi connectivity index (χ2v) is 4.90. The first-order chi connectivity index (χ1) is 8.41. The van der Waals surface area contributed by atoms with Crippen LogP contribution in [0.4, 0.5) is 4.39 Å². The molecule has 0 spiro atoms. The van der Waals surface area contributed by atoms with Crippen molar-refractivity contribution in [2.24, 2.45) is 0 Å². The van der Waals surface area contributed by atoms with Gasteiger partial charge in [-0.2, -0.15) is 0 Å². The molecule has 0 aliphatic carbocycles. The van der Waals surface area contributed by atoms with Gasteiger partial charge < -0.3 is 5.11 Å². The van der Waals surface area contributed by atoms with E-state index in [1.54, 1.807) is 19.1 Å². The SMILES string of the molecule is Cc1ccc(C(C)(O)c2ccc(F)cc2)c(C)c1. The molecule has 1 nitrogen and oxygen atoms in total. The summed E-state index contributed by atoms with van der Waals surface area (Å²) in [6.07, 6.45) is 0. The molecule has 0 bridgehead atoms. The average Bonchev–Trinajstić information content (AvgIpc) is 2.29. The van der Waals surface area contributed by atoms with E-state index in [1.165, 1.54) is 12.1 Å². The Balaban J connectivity index is 2.50. The summed E-state index contributed by atoms with van der Waals surface area (Å²) in [4.78, 5) is 0. The summed E-state index contributed by atoms with van der Waals surface area (Å²) in [7, 11) is 0. The third-order valence-corrected chi connectivity index (χ3v) is 3.31. The lowest BCUT2D eigenvalue weighted by atomic mass is 9.85. The summed E-state index contributed by atoms with van der Waals surface area (Å²) < 4.78 is 12.9. The predicted octanol–water partition coefficient (Wildman–Crippen LogP) is 3.70. The molecule has 0 amide bonds. The zero-order valence-corrected chi connectivity index (χ0v) is 10.9. The topological polar surface area (TPSA) is 20.2 Å². The Morgan fingerprint density at radius 3 is 2.17 bits per heavy atom. The minimum Gasteiger partial charge on any atom is -0.381 e. The number of hydrogen-bond donors (Lipinski definition) is 1. The highest BCUT2D eigenvalue weighted by atomic mass is 19.1. The third kappa shape index (κ3) is 2.29. The molecule has 0 saturated carbocycles. The van der Waals surface area contributed by atoms with Crippen LogP contribution in [0.5, 0.6) is 0 Å². The monoisotopic (exact) mass is 244 g/mol. The Kier molecular flexibility index (Phi) is 3.22. The predicted molar refractivity (Wildman–Crippen MR) is 71.0 cm³/mol. The minimum absolute atomic E-state index is 0.296. The van der Waals surface area contributed by atoms with Crippen LogP contribution in [-0.4, -0.2) is 5.11 Å². The first-order valence-corrected chi connectivity index (χ1v) is 5.97. The Morgan fingerprint density at radius 2 is 1.61 bits per heavy atom. The zero-order valence-electron chi connectivity index (χ0n) is 10.9. The molecule has 2 aromatic carbocycles. The van der Waals surface area contributed by atoms with E-state index in [-0.39, 0.29) is 5.82 Å². The van der Waals surface area contributed by atoms with Crippen molar-refractivity contribution in [2.45, 2.75) is 26.4 Å². The van der Waals surface area contributed by atoms with Crippen molar-refractivity contribution in [3.63, 3.8) is 0 Å². The first kappa shape index (κ1) is 12.8. The first-order valence-electron chi connectivity index (χ1n) is 5.97. The van der Waals surface area contributed by atoms with Gasteiger partial charge in [-0.3, -0.25) is 0 Å². The van der Waals surface area contributed by atoms with Crippen LogP contribution in [0.3, 0.4) is 0 Å². The molecule has 0 aromatic heterocycles. The molecule has 2 rings (SSSR count). The van der Waals surface area contributed by atoms with Crippen LogP contribution in [0.1, 0.15) is 29.2 Å². The molecule has 1 atom stereocenters. The lowest BCUT2D eigenvalue weighted by Crippen LogP contribution is -2.24. The highest BCUT2D eigenvalue weighted by Crippen LogP contribution is 2.31. The number of halogens is 1. The third-order valence-electron chi connectivity index (χ3n) is 3.31. The number of rotatable bonds is 2. The van der Waals surface area contributed by atoms with Gasteiger partial charge in [0, 0.05) is 0 Å². The van der Waals surface area contributed by atoms with E-state index >= 15 is 0 Å². The van der Waals surface area contributed by atoms with E-state index in [0.29, 0.717) is 5.56 Å². The van der Waals surface area contributed by atoms with Crippen molar-refractivity contribution < 1.29 is 9.50 Å². The van der Waals surface area contributed by atoms with Gasteiger partial charge >= 0.3 is 0 Å². The van der Waals surface area contributed by atoms with Gasteiger partial charge in [-0.1, -0.05) is 35.9 Å². The molecule has 0 aliphatic heterocycles. The molecule has 2 heteroatoms. The summed E-state index contributed by atoms with van der Waals surface area (Å²) in [5.41, 5.74) is 2.62. The maximum Gasteiger partial charge on any atom is 0.123 e. The van der Waals surface area contributed by atoms with Crippen molar-refractivity contribution in [1.29, 1.82) is 0 Å². The molecule has 1 unspecified atom stereocenters. The molecule has 18 heavy (non-hydrogen) atoms. The van der Waals surface area contributed by atoms with E-state index < -0.39 is 5.60 Å². The summed E-state index contributed by atoms with van der Waals surface area (Å²) in [5.74, 6) is -0.296. The molecular formula is C16H17FO. The fourth-order valence-corrected chi connectivity index (χ4v) is 2.29. The molecule has 94 valence electrons. The average molecular weight is 244 g/mol. The Hall–Kier alpha value is -1.67. The van der Waals surface area contributed by atoms with Gasteiger partial charge in [-0.25, -0.2) is 4.39 Å². The molecule has 0 heterocycles. The lowest BCUT2D eigenvalue weighted by Gasteiger charge is -2.26. The van der Waals surface area contributed by atoms with Gasteiger partial charge in [-0.15, -0.1) is 0 Å². The van der Waals surface area contributed by atoms with Gasteiger partial charge in [0.1, 0.15) is 11.4 Å². The molecule has 0 saturated heterocycles. The maximum absolute atomic E-state index is 12.9. The fourth-order valence-electron chi connectivity index (χ4n) is 2.29. The Morgan fingerprint density at radius 1 is 1.00 bits per heavy atom.